The van der Waals surface area contributed by atoms with E-state index in [1.54, 1.807) is 64.1 Å². The van der Waals surface area contributed by atoms with Gasteiger partial charge in [0.2, 0.25) is 10.0 Å². The van der Waals surface area contributed by atoms with Crippen molar-refractivity contribution in [3.63, 3.8) is 0 Å². The van der Waals surface area contributed by atoms with Crippen LogP contribution >= 0.6 is 0 Å². The van der Waals surface area contributed by atoms with Gasteiger partial charge in [-0.05, 0) is 69.7 Å². The van der Waals surface area contributed by atoms with Gasteiger partial charge in [-0.3, -0.25) is 9.59 Å². The van der Waals surface area contributed by atoms with Crippen LogP contribution in [0, 0.1) is 5.82 Å². The molecule has 0 radical (unpaired) electrons. The van der Waals surface area contributed by atoms with Crippen LogP contribution in [0.3, 0.4) is 0 Å². The third kappa shape index (κ3) is 4.82. The summed E-state index contributed by atoms with van der Waals surface area (Å²) in [6.07, 6.45) is 0. The molecule has 1 amide bonds. The standard InChI is InChI=1S/C26H26FN3O4S/c1-15(2)30-35(33,34)17-9-7-8-16(12-17)26(3,4)29-25(32)19-14-23-20(13-21(19)27)24(31)18-10-5-6-11-22(18)28-23/h5-15,30H,1-4H3,(H,28,31)(H,29,32). The van der Waals surface area contributed by atoms with E-state index in [1.807, 2.05) is 0 Å². The van der Waals surface area contributed by atoms with Gasteiger partial charge in [-0.25, -0.2) is 17.5 Å². The number of pyridine rings is 1. The van der Waals surface area contributed by atoms with Gasteiger partial charge in [0.05, 0.1) is 21.5 Å². The van der Waals surface area contributed by atoms with Crippen LogP contribution in [-0.2, 0) is 15.6 Å². The Morgan fingerprint density at radius 3 is 2.40 bits per heavy atom. The van der Waals surface area contributed by atoms with Crippen molar-refractivity contribution < 1.29 is 17.6 Å². The van der Waals surface area contributed by atoms with E-state index in [0.717, 1.165) is 6.07 Å². The highest BCUT2D eigenvalue weighted by molar-refractivity contribution is 7.89. The maximum Gasteiger partial charge on any atom is 0.255 e. The second-order valence-electron chi connectivity index (χ2n) is 9.26. The highest BCUT2D eigenvalue weighted by Crippen LogP contribution is 2.25. The van der Waals surface area contributed by atoms with Crippen molar-refractivity contribution in [3.05, 3.63) is 87.8 Å². The summed E-state index contributed by atoms with van der Waals surface area (Å²) < 4.78 is 42.7. The van der Waals surface area contributed by atoms with Gasteiger partial charge in [-0.15, -0.1) is 0 Å². The first-order valence-corrected chi connectivity index (χ1v) is 12.6. The van der Waals surface area contributed by atoms with Crippen molar-refractivity contribution in [2.24, 2.45) is 0 Å². The topological polar surface area (TPSA) is 108 Å². The van der Waals surface area contributed by atoms with Crippen LogP contribution < -0.4 is 15.5 Å². The normalized spacial score (nSPS) is 12.4. The van der Waals surface area contributed by atoms with Gasteiger partial charge >= 0.3 is 0 Å². The maximum atomic E-state index is 15.0. The van der Waals surface area contributed by atoms with E-state index < -0.39 is 27.3 Å². The summed E-state index contributed by atoms with van der Waals surface area (Å²) >= 11 is 0. The number of amides is 1. The lowest BCUT2D eigenvalue weighted by Crippen LogP contribution is -2.41. The SMILES string of the molecule is CC(C)NS(=O)(=O)c1cccc(C(C)(C)NC(=O)c2cc3[nH]c4ccccc4c(=O)c3cc2F)c1. The molecule has 0 fully saturated rings. The molecule has 0 unspecified atom stereocenters. The summed E-state index contributed by atoms with van der Waals surface area (Å²) in [6, 6.07) is 15.2. The van der Waals surface area contributed by atoms with E-state index in [9.17, 15) is 22.4 Å². The molecular formula is C26H26FN3O4S. The number of hydrogen-bond acceptors (Lipinski definition) is 4. The Bertz CT molecular complexity index is 1630. The zero-order valence-corrected chi connectivity index (χ0v) is 20.6. The second kappa shape index (κ2) is 8.90. The van der Waals surface area contributed by atoms with Crippen molar-refractivity contribution in [1.29, 1.82) is 0 Å². The minimum atomic E-state index is -3.73. The van der Waals surface area contributed by atoms with Crippen LogP contribution in [-0.4, -0.2) is 25.4 Å². The van der Waals surface area contributed by atoms with Gasteiger partial charge in [0.25, 0.3) is 5.91 Å². The third-order valence-electron chi connectivity index (χ3n) is 5.72. The molecule has 3 aromatic carbocycles. The minimum Gasteiger partial charge on any atom is -0.354 e. The lowest BCUT2D eigenvalue weighted by molar-refractivity contribution is 0.0908. The van der Waals surface area contributed by atoms with Gasteiger partial charge in [0, 0.05) is 22.3 Å². The Kier molecular flexibility index (Phi) is 6.25. The molecule has 0 atom stereocenters. The number of carbonyl (C=O) groups excluding carboxylic acids is 1. The minimum absolute atomic E-state index is 0.0624. The lowest BCUT2D eigenvalue weighted by atomic mass is 9.93. The van der Waals surface area contributed by atoms with Crippen molar-refractivity contribution in [2.45, 2.75) is 44.2 Å². The summed E-state index contributed by atoms with van der Waals surface area (Å²) in [4.78, 5) is 29.0. The molecule has 4 aromatic rings. The molecule has 0 spiro atoms. The van der Waals surface area contributed by atoms with Crippen molar-refractivity contribution in [3.8, 4) is 0 Å². The number of sulfonamides is 1. The Morgan fingerprint density at radius 2 is 1.69 bits per heavy atom. The molecule has 0 aliphatic heterocycles. The van der Waals surface area contributed by atoms with Crippen LogP contribution in [0.2, 0.25) is 0 Å². The van der Waals surface area contributed by atoms with Gasteiger partial charge in [0.1, 0.15) is 5.82 Å². The van der Waals surface area contributed by atoms with E-state index in [0.29, 0.717) is 22.0 Å². The smallest absolute Gasteiger partial charge is 0.255 e. The van der Waals surface area contributed by atoms with E-state index in [1.165, 1.54) is 18.2 Å². The van der Waals surface area contributed by atoms with Crippen molar-refractivity contribution in [1.82, 2.24) is 15.0 Å². The third-order valence-corrected chi connectivity index (χ3v) is 7.38. The first-order valence-electron chi connectivity index (χ1n) is 11.1. The Balaban J connectivity index is 1.69. The molecule has 0 aliphatic rings. The quantitative estimate of drug-likeness (QED) is 0.349. The molecular weight excluding hydrogens is 469 g/mol. The van der Waals surface area contributed by atoms with Crippen LogP contribution in [0.4, 0.5) is 4.39 Å². The lowest BCUT2D eigenvalue weighted by Gasteiger charge is -2.27. The van der Waals surface area contributed by atoms with Gasteiger partial charge < -0.3 is 10.3 Å². The Hall–Kier alpha value is -3.56. The van der Waals surface area contributed by atoms with Gasteiger partial charge in [-0.1, -0.05) is 24.3 Å². The summed E-state index contributed by atoms with van der Waals surface area (Å²) in [5, 5.41) is 3.36. The number of rotatable bonds is 6. The summed E-state index contributed by atoms with van der Waals surface area (Å²) in [5.74, 6) is -1.53. The van der Waals surface area contributed by atoms with Crippen molar-refractivity contribution in [2.75, 3.05) is 0 Å². The molecule has 0 saturated heterocycles. The number of fused-ring (bicyclic) bond motifs is 2. The predicted octanol–water partition coefficient (Wildman–Crippen LogP) is 4.17. The van der Waals surface area contributed by atoms with Crippen molar-refractivity contribution >= 4 is 37.7 Å². The largest absolute Gasteiger partial charge is 0.354 e. The molecule has 9 heteroatoms. The highest BCUT2D eigenvalue weighted by atomic mass is 32.2. The van der Waals surface area contributed by atoms with E-state index >= 15 is 0 Å². The number of halogens is 1. The van der Waals surface area contributed by atoms with E-state index in [4.69, 9.17) is 0 Å². The number of para-hydroxylation sites is 1. The molecule has 0 aliphatic carbocycles. The number of aromatic amines is 1. The predicted molar refractivity (Wildman–Crippen MR) is 134 cm³/mol. The van der Waals surface area contributed by atoms with Crippen LogP contribution in [0.25, 0.3) is 21.8 Å². The van der Waals surface area contributed by atoms with Gasteiger partial charge in [0.15, 0.2) is 5.43 Å². The zero-order valence-electron chi connectivity index (χ0n) is 19.8. The number of nitrogens with one attached hydrogen (secondary N) is 3. The average Bonchev–Trinajstić information content (AvgIpc) is 2.78. The summed E-state index contributed by atoms with van der Waals surface area (Å²) in [5.41, 5.74) is -0.144. The monoisotopic (exact) mass is 495 g/mol. The first-order chi connectivity index (χ1) is 16.4. The number of carbonyl (C=O) groups is 1. The fourth-order valence-electron chi connectivity index (χ4n) is 3.97. The summed E-state index contributed by atoms with van der Waals surface area (Å²) in [7, 11) is -3.73. The Labute approximate surface area is 202 Å². The molecule has 1 aromatic heterocycles. The molecule has 182 valence electrons. The molecule has 35 heavy (non-hydrogen) atoms. The summed E-state index contributed by atoms with van der Waals surface area (Å²) in [6.45, 7) is 6.83. The Morgan fingerprint density at radius 1 is 0.971 bits per heavy atom. The molecule has 0 saturated carbocycles. The number of hydrogen-bond donors (Lipinski definition) is 3. The molecule has 7 nitrogen and oxygen atoms in total. The van der Waals surface area contributed by atoms with Crippen LogP contribution in [0.15, 0.2) is 70.4 Å². The number of aromatic nitrogens is 1. The van der Waals surface area contributed by atoms with E-state index in [2.05, 4.69) is 15.0 Å². The van der Waals surface area contributed by atoms with Crippen LogP contribution in [0.5, 0.6) is 0 Å². The number of benzene rings is 3. The highest BCUT2D eigenvalue weighted by Gasteiger charge is 2.27. The fourth-order valence-corrected chi connectivity index (χ4v) is 5.27. The molecule has 3 N–H and O–H groups in total. The maximum absolute atomic E-state index is 15.0. The number of H-pyrrole nitrogens is 1. The first kappa shape index (κ1) is 24.6. The van der Waals surface area contributed by atoms with Crippen LogP contribution in [0.1, 0.15) is 43.6 Å². The van der Waals surface area contributed by atoms with Gasteiger partial charge in [-0.2, -0.15) is 0 Å². The second-order valence-corrected chi connectivity index (χ2v) is 11.0. The molecule has 0 bridgehead atoms. The van der Waals surface area contributed by atoms with E-state index in [-0.39, 0.29) is 27.3 Å². The molecule has 4 rings (SSSR count). The average molecular weight is 496 g/mol. The molecule has 1 heterocycles. The fraction of sp³-hybridized carbons (Fsp3) is 0.231. The zero-order chi connectivity index (χ0) is 25.5.